The minimum Gasteiger partial charge on any atom is -0.508 e. The van der Waals surface area contributed by atoms with Crippen molar-refractivity contribution in [3.8, 4) is 33.3 Å². The lowest BCUT2D eigenvalue weighted by Gasteiger charge is -2.03. The summed E-state index contributed by atoms with van der Waals surface area (Å²) in [5.41, 5.74) is 2.33. The number of benzene rings is 2. The van der Waals surface area contributed by atoms with Gasteiger partial charge in [0.15, 0.2) is 11.6 Å². The van der Waals surface area contributed by atoms with Crippen molar-refractivity contribution < 1.29 is 14.2 Å². The van der Waals surface area contributed by atoms with Gasteiger partial charge in [0.25, 0.3) is 0 Å². The van der Waals surface area contributed by atoms with E-state index in [0.29, 0.717) is 11.3 Å². The van der Waals surface area contributed by atoms with Crippen molar-refractivity contribution in [2.24, 2.45) is 0 Å². The van der Waals surface area contributed by atoms with Gasteiger partial charge in [0, 0.05) is 16.5 Å². The third-order valence-electron chi connectivity index (χ3n) is 3.07. The molecule has 0 aliphatic heterocycles. The van der Waals surface area contributed by atoms with E-state index in [9.17, 15) is 9.50 Å². The van der Waals surface area contributed by atoms with E-state index in [1.165, 1.54) is 24.5 Å². The molecule has 0 aliphatic rings. The largest absolute Gasteiger partial charge is 0.508 e. The second kappa shape index (κ2) is 5.54. The van der Waals surface area contributed by atoms with Crippen molar-refractivity contribution in [1.29, 1.82) is 0 Å². The molecule has 3 rings (SSSR count). The number of aromatic nitrogens is 1. The molecule has 0 fully saturated rings. The lowest BCUT2D eigenvalue weighted by atomic mass is 10.1. The zero-order valence-corrected chi connectivity index (χ0v) is 12.0. The molecular weight excluding hydrogens is 289 g/mol. The molecule has 0 saturated carbocycles. The molecule has 5 heteroatoms. The van der Waals surface area contributed by atoms with Gasteiger partial charge in [-0.05, 0) is 42.5 Å². The first-order valence-electron chi connectivity index (χ1n) is 6.26. The number of methoxy groups -OCH3 is 1. The molecule has 0 bridgehead atoms. The predicted octanol–water partition coefficient (Wildman–Crippen LogP) is 4.33. The molecule has 0 atom stereocenters. The number of ether oxygens (including phenoxy) is 1. The van der Waals surface area contributed by atoms with Crippen molar-refractivity contribution in [1.82, 2.24) is 4.98 Å². The first-order chi connectivity index (χ1) is 10.2. The summed E-state index contributed by atoms with van der Waals surface area (Å²) in [6.45, 7) is 0. The summed E-state index contributed by atoms with van der Waals surface area (Å²) in [4.78, 5) is 4.51. The monoisotopic (exact) mass is 301 g/mol. The normalized spacial score (nSPS) is 10.6. The Balaban J connectivity index is 1.94. The highest BCUT2D eigenvalue weighted by Gasteiger charge is 2.09. The number of nitrogens with zero attached hydrogens (tertiary/aromatic N) is 1. The van der Waals surface area contributed by atoms with Crippen LogP contribution in [0.5, 0.6) is 11.5 Å². The van der Waals surface area contributed by atoms with Gasteiger partial charge >= 0.3 is 0 Å². The number of hydrogen-bond donors (Lipinski definition) is 1. The molecule has 0 spiro atoms. The van der Waals surface area contributed by atoms with E-state index in [-0.39, 0.29) is 11.5 Å². The maximum atomic E-state index is 13.7. The first kappa shape index (κ1) is 13.6. The molecule has 2 aromatic carbocycles. The minimum atomic E-state index is -0.408. The Kier molecular flexibility index (Phi) is 3.58. The number of hydrogen-bond acceptors (Lipinski definition) is 4. The van der Waals surface area contributed by atoms with Gasteiger partial charge in [-0.3, -0.25) is 0 Å². The number of halogens is 1. The molecule has 106 valence electrons. The highest BCUT2D eigenvalue weighted by atomic mass is 32.1. The zero-order valence-electron chi connectivity index (χ0n) is 11.2. The van der Waals surface area contributed by atoms with E-state index in [2.05, 4.69) is 4.98 Å². The highest BCUT2D eigenvalue weighted by molar-refractivity contribution is 7.13. The van der Waals surface area contributed by atoms with E-state index in [1.807, 2.05) is 5.38 Å². The molecule has 1 N–H and O–H groups in total. The standard InChI is InChI=1S/C16H12FNO2S/c1-20-15-7-4-11(8-13(15)17)14-9-21-16(18-14)10-2-5-12(19)6-3-10/h2-9,19H,1H3. The van der Waals surface area contributed by atoms with E-state index < -0.39 is 5.82 Å². The van der Waals surface area contributed by atoms with Crippen LogP contribution in [0.4, 0.5) is 4.39 Å². The molecule has 3 nitrogen and oxygen atoms in total. The molecule has 0 aliphatic carbocycles. The van der Waals surface area contributed by atoms with E-state index >= 15 is 0 Å². The van der Waals surface area contributed by atoms with Gasteiger partial charge in [-0.2, -0.15) is 0 Å². The average Bonchev–Trinajstić information content (AvgIpc) is 2.98. The second-order valence-corrected chi connectivity index (χ2v) is 5.29. The van der Waals surface area contributed by atoms with Gasteiger partial charge < -0.3 is 9.84 Å². The van der Waals surface area contributed by atoms with Gasteiger partial charge in [0.2, 0.25) is 0 Å². The quantitative estimate of drug-likeness (QED) is 0.783. The molecule has 3 aromatic rings. The van der Waals surface area contributed by atoms with Crippen LogP contribution in [0.3, 0.4) is 0 Å². The summed E-state index contributed by atoms with van der Waals surface area (Å²) in [5.74, 6) is 0.0228. The molecule has 21 heavy (non-hydrogen) atoms. The van der Waals surface area contributed by atoms with Crippen LogP contribution in [-0.2, 0) is 0 Å². The van der Waals surface area contributed by atoms with Crippen LogP contribution in [-0.4, -0.2) is 17.2 Å². The Morgan fingerprint density at radius 2 is 1.81 bits per heavy atom. The van der Waals surface area contributed by atoms with Gasteiger partial charge in [-0.1, -0.05) is 0 Å². The number of aromatic hydroxyl groups is 1. The molecule has 0 saturated heterocycles. The van der Waals surface area contributed by atoms with Gasteiger partial charge in [0.1, 0.15) is 10.8 Å². The predicted molar refractivity (Wildman–Crippen MR) is 81.2 cm³/mol. The van der Waals surface area contributed by atoms with Crippen LogP contribution in [0.25, 0.3) is 21.8 Å². The lowest BCUT2D eigenvalue weighted by molar-refractivity contribution is 0.386. The van der Waals surface area contributed by atoms with Crippen molar-refractivity contribution >= 4 is 11.3 Å². The van der Waals surface area contributed by atoms with Crippen LogP contribution in [0.1, 0.15) is 0 Å². The van der Waals surface area contributed by atoms with E-state index in [0.717, 1.165) is 10.6 Å². The molecule has 0 amide bonds. The maximum Gasteiger partial charge on any atom is 0.165 e. The summed E-state index contributed by atoms with van der Waals surface area (Å²) in [7, 11) is 1.43. The molecule has 1 heterocycles. The SMILES string of the molecule is COc1ccc(-c2csc(-c3ccc(O)cc3)n2)cc1F. The number of rotatable bonds is 3. The Bertz CT molecular complexity index is 768. The molecular formula is C16H12FNO2S. The fraction of sp³-hybridized carbons (Fsp3) is 0.0625. The summed E-state index contributed by atoms with van der Waals surface area (Å²) in [5, 5.41) is 12.0. The van der Waals surface area contributed by atoms with E-state index in [1.54, 1.807) is 36.4 Å². The number of phenols is 1. The fourth-order valence-electron chi connectivity index (χ4n) is 1.97. The van der Waals surface area contributed by atoms with Crippen molar-refractivity contribution in [3.05, 3.63) is 53.7 Å². The first-order valence-corrected chi connectivity index (χ1v) is 7.14. The minimum absolute atomic E-state index is 0.215. The van der Waals surface area contributed by atoms with Gasteiger partial charge in [-0.15, -0.1) is 11.3 Å². The zero-order chi connectivity index (χ0) is 14.8. The van der Waals surface area contributed by atoms with E-state index in [4.69, 9.17) is 4.74 Å². The maximum absolute atomic E-state index is 13.7. The smallest absolute Gasteiger partial charge is 0.165 e. The summed E-state index contributed by atoms with van der Waals surface area (Å²) in [6.07, 6.45) is 0. The van der Waals surface area contributed by atoms with Gasteiger partial charge in [-0.25, -0.2) is 9.37 Å². The van der Waals surface area contributed by atoms with Crippen LogP contribution in [0.15, 0.2) is 47.8 Å². The Labute approximate surface area is 125 Å². The third kappa shape index (κ3) is 2.73. The second-order valence-electron chi connectivity index (χ2n) is 4.43. The van der Waals surface area contributed by atoms with Gasteiger partial charge in [0.05, 0.1) is 12.8 Å². The Morgan fingerprint density at radius 1 is 1.10 bits per heavy atom. The van der Waals surface area contributed by atoms with Crippen molar-refractivity contribution in [2.45, 2.75) is 0 Å². The molecule has 0 radical (unpaired) electrons. The topological polar surface area (TPSA) is 42.4 Å². The Hall–Kier alpha value is -2.40. The summed E-state index contributed by atoms with van der Waals surface area (Å²) in [6, 6.07) is 11.6. The van der Waals surface area contributed by atoms with Crippen molar-refractivity contribution in [2.75, 3.05) is 7.11 Å². The van der Waals surface area contributed by atoms with Crippen LogP contribution < -0.4 is 4.74 Å². The lowest BCUT2D eigenvalue weighted by Crippen LogP contribution is -1.88. The fourth-order valence-corrected chi connectivity index (χ4v) is 2.80. The molecule has 0 unspecified atom stereocenters. The van der Waals surface area contributed by atoms with Crippen molar-refractivity contribution in [3.63, 3.8) is 0 Å². The summed E-state index contributed by atoms with van der Waals surface area (Å²) >= 11 is 1.47. The third-order valence-corrected chi connectivity index (χ3v) is 3.96. The number of thiazole rings is 1. The van der Waals surface area contributed by atoms with Crippen LogP contribution in [0, 0.1) is 5.82 Å². The number of phenolic OH excluding ortho intramolecular Hbond substituents is 1. The van der Waals surface area contributed by atoms with Crippen LogP contribution >= 0.6 is 11.3 Å². The Morgan fingerprint density at radius 3 is 2.48 bits per heavy atom. The van der Waals surface area contributed by atoms with Crippen LogP contribution in [0.2, 0.25) is 0 Å². The highest BCUT2D eigenvalue weighted by Crippen LogP contribution is 2.31. The molecule has 1 aromatic heterocycles. The average molecular weight is 301 g/mol. The summed E-state index contributed by atoms with van der Waals surface area (Å²) < 4.78 is 18.6.